The molecular weight excluding hydrogens is 342 g/mol. The molecule has 1 aromatic carbocycles. The Labute approximate surface area is 151 Å². The fraction of sp³-hybridized carbons (Fsp3) is 0.611. The molecule has 0 saturated carbocycles. The van der Waals surface area contributed by atoms with Gasteiger partial charge in [0.2, 0.25) is 0 Å². The normalized spacial score (nSPS) is 13.3. The van der Waals surface area contributed by atoms with Crippen molar-refractivity contribution < 1.29 is 22.1 Å². The van der Waals surface area contributed by atoms with Crippen molar-refractivity contribution in [2.45, 2.75) is 58.1 Å². The Balaban J connectivity index is 2.48. The maximum absolute atomic E-state index is 11.9. The van der Waals surface area contributed by atoms with Gasteiger partial charge in [0.15, 0.2) is 0 Å². The van der Waals surface area contributed by atoms with Gasteiger partial charge in [0.25, 0.3) is 10.1 Å². The smallest absolute Gasteiger partial charge is 0.407 e. The predicted molar refractivity (Wildman–Crippen MR) is 98.0 cm³/mol. The van der Waals surface area contributed by atoms with Gasteiger partial charge in [-0.2, -0.15) is 8.42 Å². The van der Waals surface area contributed by atoms with E-state index in [1.54, 1.807) is 20.8 Å². The Morgan fingerprint density at radius 2 is 1.80 bits per heavy atom. The van der Waals surface area contributed by atoms with Gasteiger partial charge < -0.3 is 10.1 Å². The molecule has 0 unspecified atom stereocenters. The van der Waals surface area contributed by atoms with Crippen LogP contribution in [0.3, 0.4) is 0 Å². The van der Waals surface area contributed by atoms with E-state index in [0.717, 1.165) is 25.5 Å². The van der Waals surface area contributed by atoms with Crippen LogP contribution in [0, 0.1) is 0 Å². The molecule has 1 atom stereocenters. The van der Waals surface area contributed by atoms with Crippen LogP contribution in [0.25, 0.3) is 0 Å². The van der Waals surface area contributed by atoms with Crippen molar-refractivity contribution in [1.29, 1.82) is 0 Å². The van der Waals surface area contributed by atoms with Crippen LogP contribution < -0.4 is 5.32 Å². The van der Waals surface area contributed by atoms with E-state index in [0.29, 0.717) is 6.42 Å². The van der Waals surface area contributed by atoms with Crippen LogP contribution in [-0.4, -0.2) is 39.0 Å². The SMILES string of the molecule is CC(C)(C)OC(=O)N[C@H](CCCCc1ccccc1)COS(C)(=O)=O. The number of carbonyl (C=O) groups is 1. The molecule has 0 aromatic heterocycles. The highest BCUT2D eigenvalue weighted by molar-refractivity contribution is 7.85. The summed E-state index contributed by atoms with van der Waals surface area (Å²) in [6, 6.07) is 9.71. The lowest BCUT2D eigenvalue weighted by Gasteiger charge is -2.23. The number of hydrogen-bond acceptors (Lipinski definition) is 5. The summed E-state index contributed by atoms with van der Waals surface area (Å²) in [5, 5.41) is 2.69. The number of benzene rings is 1. The Hall–Kier alpha value is -1.60. The molecule has 0 bridgehead atoms. The van der Waals surface area contributed by atoms with Gasteiger partial charge in [0.1, 0.15) is 5.60 Å². The lowest BCUT2D eigenvalue weighted by atomic mass is 10.0. The lowest BCUT2D eigenvalue weighted by molar-refractivity contribution is 0.0484. The number of alkyl carbamates (subject to hydrolysis) is 1. The van der Waals surface area contributed by atoms with E-state index in [9.17, 15) is 13.2 Å². The van der Waals surface area contributed by atoms with Gasteiger partial charge in [-0.25, -0.2) is 4.79 Å². The van der Waals surface area contributed by atoms with E-state index in [1.807, 2.05) is 18.2 Å². The van der Waals surface area contributed by atoms with Gasteiger partial charge in [0, 0.05) is 0 Å². The second kappa shape index (κ2) is 9.77. The largest absolute Gasteiger partial charge is 0.444 e. The van der Waals surface area contributed by atoms with Gasteiger partial charge in [-0.3, -0.25) is 4.18 Å². The summed E-state index contributed by atoms with van der Waals surface area (Å²) in [5.41, 5.74) is 0.645. The summed E-state index contributed by atoms with van der Waals surface area (Å²) in [7, 11) is -3.56. The quantitative estimate of drug-likeness (QED) is 0.532. The minimum Gasteiger partial charge on any atom is -0.444 e. The van der Waals surface area contributed by atoms with Gasteiger partial charge in [0.05, 0.1) is 18.9 Å². The minimum atomic E-state index is -3.56. The van der Waals surface area contributed by atoms with Crippen molar-refractivity contribution in [3.63, 3.8) is 0 Å². The van der Waals surface area contributed by atoms with Gasteiger partial charge in [-0.1, -0.05) is 36.8 Å². The second-order valence-corrected chi connectivity index (χ2v) is 8.71. The van der Waals surface area contributed by atoms with Crippen LogP contribution in [0.2, 0.25) is 0 Å². The van der Waals surface area contributed by atoms with Crippen molar-refractivity contribution >= 4 is 16.2 Å². The lowest BCUT2D eigenvalue weighted by Crippen LogP contribution is -2.41. The number of nitrogens with one attached hydrogen (secondary N) is 1. The third kappa shape index (κ3) is 11.6. The van der Waals surface area contributed by atoms with Crippen molar-refractivity contribution in [2.75, 3.05) is 12.9 Å². The molecule has 1 N–H and O–H groups in total. The topological polar surface area (TPSA) is 81.7 Å². The minimum absolute atomic E-state index is 0.0938. The molecule has 0 aliphatic carbocycles. The van der Waals surface area contributed by atoms with Gasteiger partial charge in [-0.15, -0.1) is 0 Å². The Morgan fingerprint density at radius 3 is 2.36 bits per heavy atom. The molecule has 0 spiro atoms. The molecule has 1 aromatic rings. The zero-order chi connectivity index (χ0) is 18.9. The first-order chi connectivity index (χ1) is 11.6. The molecule has 1 amide bonds. The molecule has 0 aliphatic heterocycles. The highest BCUT2D eigenvalue weighted by Gasteiger charge is 2.20. The summed E-state index contributed by atoms with van der Waals surface area (Å²) in [6.45, 7) is 5.22. The molecule has 142 valence electrons. The van der Waals surface area contributed by atoms with Crippen molar-refractivity contribution in [2.24, 2.45) is 0 Å². The monoisotopic (exact) mass is 371 g/mol. The molecule has 0 heterocycles. The van der Waals surface area contributed by atoms with Crippen molar-refractivity contribution in [3.05, 3.63) is 35.9 Å². The molecule has 25 heavy (non-hydrogen) atoms. The number of hydrogen-bond donors (Lipinski definition) is 1. The van der Waals surface area contributed by atoms with Crippen LogP contribution >= 0.6 is 0 Å². The van der Waals surface area contributed by atoms with Crippen LogP contribution in [0.15, 0.2) is 30.3 Å². The van der Waals surface area contributed by atoms with E-state index in [1.165, 1.54) is 5.56 Å². The molecule has 0 radical (unpaired) electrons. The summed E-state index contributed by atoms with van der Waals surface area (Å²) < 4.78 is 32.5. The summed E-state index contributed by atoms with van der Waals surface area (Å²) >= 11 is 0. The third-order valence-corrected chi connectivity index (χ3v) is 3.88. The Bertz CT molecular complexity index is 623. The van der Waals surface area contributed by atoms with E-state index in [4.69, 9.17) is 8.92 Å². The fourth-order valence-corrected chi connectivity index (χ4v) is 2.65. The van der Waals surface area contributed by atoms with Crippen LogP contribution in [0.5, 0.6) is 0 Å². The number of unbranched alkanes of at least 4 members (excludes halogenated alkanes) is 1. The average Bonchev–Trinajstić information content (AvgIpc) is 2.47. The summed E-state index contributed by atoms with van der Waals surface area (Å²) in [5.74, 6) is 0. The standard InChI is InChI=1S/C18H29NO5S/c1-18(2,3)24-17(20)19-16(14-23-25(4,21)22)13-9-8-12-15-10-6-5-7-11-15/h5-7,10-11,16H,8-9,12-14H2,1-4H3,(H,19,20)/t16-/m1/s1. The van der Waals surface area contributed by atoms with E-state index < -0.39 is 27.9 Å². The molecular formula is C18H29NO5S. The van der Waals surface area contributed by atoms with Gasteiger partial charge in [-0.05, 0) is 45.6 Å². The zero-order valence-corrected chi connectivity index (χ0v) is 16.3. The number of amides is 1. The number of ether oxygens (including phenoxy) is 1. The Kier molecular flexibility index (Phi) is 8.38. The highest BCUT2D eigenvalue weighted by atomic mass is 32.2. The predicted octanol–water partition coefficient (Wildman–Crippen LogP) is 3.27. The summed E-state index contributed by atoms with van der Waals surface area (Å²) in [4.78, 5) is 11.9. The molecule has 0 saturated heterocycles. The highest BCUT2D eigenvalue weighted by Crippen LogP contribution is 2.11. The van der Waals surface area contributed by atoms with Crippen LogP contribution in [-0.2, 0) is 25.5 Å². The van der Waals surface area contributed by atoms with Crippen molar-refractivity contribution in [3.8, 4) is 0 Å². The number of carbonyl (C=O) groups excluding carboxylic acids is 1. The van der Waals surface area contributed by atoms with E-state index in [2.05, 4.69) is 17.4 Å². The van der Waals surface area contributed by atoms with Crippen LogP contribution in [0.1, 0.15) is 45.6 Å². The maximum Gasteiger partial charge on any atom is 0.407 e. The molecule has 6 nitrogen and oxygen atoms in total. The fourth-order valence-electron chi connectivity index (χ4n) is 2.24. The first kappa shape index (κ1) is 21.4. The molecule has 0 aliphatic rings. The second-order valence-electron chi connectivity index (χ2n) is 7.06. The van der Waals surface area contributed by atoms with Crippen LogP contribution in [0.4, 0.5) is 4.79 Å². The maximum atomic E-state index is 11.9. The number of aryl methyl sites for hydroxylation is 1. The van der Waals surface area contributed by atoms with Crippen molar-refractivity contribution in [1.82, 2.24) is 5.32 Å². The molecule has 7 heteroatoms. The van der Waals surface area contributed by atoms with E-state index in [-0.39, 0.29) is 6.61 Å². The third-order valence-electron chi connectivity index (χ3n) is 3.32. The summed E-state index contributed by atoms with van der Waals surface area (Å²) in [6.07, 6.45) is 3.75. The first-order valence-corrected chi connectivity index (χ1v) is 10.2. The van der Waals surface area contributed by atoms with Gasteiger partial charge >= 0.3 is 6.09 Å². The first-order valence-electron chi connectivity index (χ1n) is 8.43. The molecule has 0 fully saturated rings. The number of rotatable bonds is 9. The average molecular weight is 371 g/mol. The van der Waals surface area contributed by atoms with E-state index >= 15 is 0 Å². The Morgan fingerprint density at radius 1 is 1.16 bits per heavy atom. The molecule has 1 rings (SSSR count). The zero-order valence-electron chi connectivity index (χ0n) is 15.4.